The molecule has 190 valence electrons. The smallest absolute Gasteiger partial charge is 0.430 e. The molecule has 1 saturated heterocycles. The molecule has 0 saturated carbocycles. The minimum Gasteiger partial charge on any atom is -0.542 e. The molecule has 1 fully saturated rings. The Morgan fingerprint density at radius 1 is 1.38 bits per heavy atom. The van der Waals surface area contributed by atoms with Crippen LogP contribution in [0.5, 0.6) is 0 Å². The van der Waals surface area contributed by atoms with Gasteiger partial charge in [-0.15, -0.1) is 11.3 Å². The molecule has 3 atom stereocenters. The zero-order chi connectivity index (χ0) is 26.1. The second-order valence-corrected chi connectivity index (χ2v) is 8.04. The van der Waals surface area contributed by atoms with E-state index in [0.29, 0.717) is 24.4 Å². The molecule has 1 aromatic rings. The monoisotopic (exact) mass is 510 g/mol. The number of halogens is 3. The van der Waals surface area contributed by atoms with Gasteiger partial charge in [0.2, 0.25) is 17.6 Å². The Hall–Kier alpha value is -3.27. The number of carboxylic acids is 1. The molecule has 7 N–H and O–H groups in total. The van der Waals surface area contributed by atoms with Crippen molar-refractivity contribution in [3.05, 3.63) is 16.6 Å². The number of β-amino-alcohol motifs (C(OH)–C–C–N with tert-alkyl or cyclic N) is 1. The van der Waals surface area contributed by atoms with Crippen LogP contribution in [0.3, 0.4) is 0 Å². The maximum atomic E-state index is 12.7. The third-order valence-electron chi connectivity index (χ3n) is 4.49. The fourth-order valence-corrected chi connectivity index (χ4v) is 3.61. The molecular formula is C18H25F3N6O6S. The van der Waals surface area contributed by atoms with Crippen LogP contribution in [-0.4, -0.2) is 82.0 Å². The minimum absolute atomic E-state index is 0.0823. The number of amides is 2. The lowest BCUT2D eigenvalue weighted by molar-refractivity contribution is -0.459. The van der Waals surface area contributed by atoms with Gasteiger partial charge in [0.05, 0.1) is 18.7 Å². The third kappa shape index (κ3) is 9.30. The summed E-state index contributed by atoms with van der Waals surface area (Å²) >= 11 is 1.19. The van der Waals surface area contributed by atoms with Gasteiger partial charge in [-0.3, -0.25) is 30.8 Å². The summed E-state index contributed by atoms with van der Waals surface area (Å²) in [5.41, 5.74) is 10.7. The van der Waals surface area contributed by atoms with Crippen molar-refractivity contribution >= 4 is 40.9 Å². The van der Waals surface area contributed by atoms with Gasteiger partial charge in [-0.2, -0.15) is 13.2 Å². The average Bonchev–Trinajstić information content (AvgIpc) is 3.39. The van der Waals surface area contributed by atoms with Gasteiger partial charge in [0.1, 0.15) is 12.0 Å². The van der Waals surface area contributed by atoms with Crippen LogP contribution in [0.2, 0.25) is 0 Å². The second kappa shape index (κ2) is 12.8. The zero-order valence-corrected chi connectivity index (χ0v) is 18.8. The summed E-state index contributed by atoms with van der Waals surface area (Å²) in [5.74, 6) is -3.98. The van der Waals surface area contributed by atoms with Crippen molar-refractivity contribution in [1.82, 2.24) is 15.2 Å². The van der Waals surface area contributed by atoms with E-state index in [0.717, 1.165) is 0 Å². The number of alkyl halides is 3. The van der Waals surface area contributed by atoms with Crippen LogP contribution in [0.1, 0.15) is 36.0 Å². The van der Waals surface area contributed by atoms with Gasteiger partial charge in [0, 0.05) is 31.5 Å². The maximum Gasteiger partial charge on any atom is 0.430 e. The largest absolute Gasteiger partial charge is 0.542 e. The highest BCUT2D eigenvalue weighted by Gasteiger charge is 2.39. The number of ketones is 1. The third-order valence-corrected chi connectivity index (χ3v) is 5.28. The Morgan fingerprint density at radius 2 is 2.00 bits per heavy atom. The number of rotatable bonds is 8. The number of aliphatic hydroxyl groups excluding tert-OH is 1. The van der Waals surface area contributed by atoms with Crippen molar-refractivity contribution in [3.8, 4) is 0 Å². The topological polar surface area (TPSA) is 206 Å². The zero-order valence-electron chi connectivity index (χ0n) is 18.0. The van der Waals surface area contributed by atoms with E-state index < -0.39 is 36.2 Å². The number of carboxylic acid groups (broad SMARTS) is 1. The van der Waals surface area contributed by atoms with E-state index in [9.17, 15) is 32.7 Å². The molecule has 34 heavy (non-hydrogen) atoms. The number of carbonyl (C=O) groups excluding carboxylic acids is 4. The van der Waals surface area contributed by atoms with E-state index in [-0.39, 0.29) is 30.6 Å². The van der Waals surface area contributed by atoms with Crippen LogP contribution in [0.4, 0.5) is 13.2 Å². The van der Waals surface area contributed by atoms with Crippen molar-refractivity contribution in [3.63, 3.8) is 0 Å². The van der Waals surface area contributed by atoms with Crippen LogP contribution < -0.4 is 26.9 Å². The molecule has 12 nitrogen and oxygen atoms in total. The molecule has 2 rings (SSSR count). The number of aliphatic hydroxyl groups is 1. The van der Waals surface area contributed by atoms with E-state index in [4.69, 9.17) is 21.4 Å². The molecule has 0 bridgehead atoms. The molecule has 1 aliphatic rings. The van der Waals surface area contributed by atoms with E-state index in [2.05, 4.69) is 15.3 Å². The SMILES string of the molecule is CC(=O)N1C[C@H](O)C[C@H]1C(=O)N[C@@H](CCC[NH+]=C(N)N)C(=O)c1nccs1.O=C([O-])C(F)(F)F. The molecule has 0 spiro atoms. The number of guanidine groups is 1. The van der Waals surface area contributed by atoms with Crippen molar-refractivity contribution in [2.45, 2.75) is 50.6 Å². The number of nitrogens with one attached hydrogen (secondary N) is 2. The number of nitrogens with two attached hydrogens (primary N) is 2. The highest BCUT2D eigenvalue weighted by molar-refractivity contribution is 7.11. The Labute approximate surface area is 195 Å². The summed E-state index contributed by atoms with van der Waals surface area (Å²) < 4.78 is 31.5. The number of aliphatic carboxylic acids is 1. The van der Waals surface area contributed by atoms with Gasteiger partial charge >= 0.3 is 12.1 Å². The number of hydrogen-bond donors (Lipinski definition) is 5. The molecular weight excluding hydrogens is 485 g/mol. The molecule has 1 aromatic heterocycles. The van der Waals surface area contributed by atoms with Gasteiger partial charge in [0.25, 0.3) is 0 Å². The van der Waals surface area contributed by atoms with Crippen LogP contribution in [-0.2, 0) is 14.4 Å². The predicted molar refractivity (Wildman–Crippen MR) is 110 cm³/mol. The van der Waals surface area contributed by atoms with Gasteiger partial charge < -0.3 is 25.2 Å². The number of likely N-dealkylation sites (tertiary alicyclic amines) is 1. The lowest BCUT2D eigenvalue weighted by Gasteiger charge is -2.24. The van der Waals surface area contributed by atoms with Gasteiger partial charge in [-0.25, -0.2) is 4.98 Å². The molecule has 0 aromatic carbocycles. The van der Waals surface area contributed by atoms with Crippen LogP contribution >= 0.6 is 11.3 Å². The number of carbonyl (C=O) groups is 4. The maximum absolute atomic E-state index is 12.7. The molecule has 0 aliphatic carbocycles. The first kappa shape index (κ1) is 28.8. The summed E-state index contributed by atoms with van der Waals surface area (Å²) in [6.07, 6.45) is -3.41. The molecule has 2 amide bonds. The average molecular weight is 510 g/mol. The molecule has 1 aliphatic heterocycles. The molecule has 16 heteroatoms. The normalized spacial score (nSPS) is 18.3. The summed E-state index contributed by atoms with van der Waals surface area (Å²) in [6.45, 7) is 1.89. The first-order chi connectivity index (χ1) is 15.7. The number of thiazole rings is 1. The second-order valence-electron chi connectivity index (χ2n) is 7.15. The fraction of sp³-hybridized carbons (Fsp3) is 0.556. The van der Waals surface area contributed by atoms with Gasteiger partial charge in [-0.05, 0) is 12.8 Å². The first-order valence-electron chi connectivity index (χ1n) is 9.83. The summed E-state index contributed by atoms with van der Waals surface area (Å²) in [4.78, 5) is 54.0. The number of hydrogen-bond acceptors (Lipinski definition) is 8. The predicted octanol–water partition coefficient (Wildman–Crippen LogP) is -3.77. The van der Waals surface area contributed by atoms with E-state index in [1.165, 1.54) is 29.4 Å². The minimum atomic E-state index is -5.19. The molecule has 0 unspecified atom stereocenters. The van der Waals surface area contributed by atoms with Crippen LogP contribution in [0.15, 0.2) is 11.6 Å². The van der Waals surface area contributed by atoms with Crippen molar-refractivity contribution < 1.29 is 47.6 Å². The molecule has 2 heterocycles. The number of nitrogens with zero attached hydrogens (tertiary/aromatic N) is 2. The van der Waals surface area contributed by atoms with Crippen LogP contribution in [0.25, 0.3) is 0 Å². The van der Waals surface area contributed by atoms with Gasteiger partial charge in [0.15, 0.2) is 5.01 Å². The Bertz CT molecular complexity index is 891. The first-order valence-corrected chi connectivity index (χ1v) is 10.7. The quantitative estimate of drug-likeness (QED) is 0.101. The highest BCUT2D eigenvalue weighted by atomic mass is 32.1. The van der Waals surface area contributed by atoms with Crippen molar-refractivity contribution in [2.75, 3.05) is 13.1 Å². The molecule has 0 radical (unpaired) electrons. The van der Waals surface area contributed by atoms with E-state index >= 15 is 0 Å². The summed E-state index contributed by atoms with van der Waals surface area (Å²) in [7, 11) is 0. The number of aromatic nitrogens is 1. The Balaban J connectivity index is 0.000000718. The lowest BCUT2D eigenvalue weighted by atomic mass is 10.1. The van der Waals surface area contributed by atoms with Crippen molar-refractivity contribution in [1.29, 1.82) is 0 Å². The fourth-order valence-electron chi connectivity index (χ4n) is 2.98. The lowest BCUT2D eigenvalue weighted by Crippen LogP contribution is -2.78. The summed E-state index contributed by atoms with van der Waals surface area (Å²) in [5, 5.41) is 23.3. The standard InChI is InChI=1S/C16H24N6O4S.C2HF3O2/c1-9(23)22-8-10(24)7-12(22)14(26)21-11(3-2-4-20-16(17)18)13(25)15-19-5-6-27-15;3-2(4,5)1(6)7/h5-6,10-12,24H,2-4,7-8H2,1H3,(H,21,26)(H4,17,18,20);(H,6,7)/t10-,11+,12+;/m1./s1. The number of Topliss-reactive ketones (excluding diaryl/α,β-unsaturated/α-hetero) is 1. The summed E-state index contributed by atoms with van der Waals surface area (Å²) in [6, 6.07) is -1.59. The van der Waals surface area contributed by atoms with E-state index in [1.807, 2.05) is 0 Å². The van der Waals surface area contributed by atoms with Gasteiger partial charge in [-0.1, -0.05) is 0 Å². The van der Waals surface area contributed by atoms with Crippen molar-refractivity contribution in [2.24, 2.45) is 11.5 Å². The Kier molecular flexibility index (Phi) is 10.9. The Morgan fingerprint density at radius 3 is 2.47 bits per heavy atom. The highest BCUT2D eigenvalue weighted by Crippen LogP contribution is 2.19. The van der Waals surface area contributed by atoms with Crippen LogP contribution in [0, 0.1) is 0 Å². The van der Waals surface area contributed by atoms with E-state index in [1.54, 1.807) is 5.38 Å².